The Morgan fingerprint density at radius 3 is 2.27 bits per heavy atom. The SMILES string of the molecule is CCOc1ccc(NS(=O)(=O)c2ccc(NC(=S)Nc3ccc(F)cc3F)c(OC)c2)cc1. The van der Waals surface area contributed by atoms with Crippen LogP contribution < -0.4 is 24.8 Å². The van der Waals surface area contributed by atoms with Crippen molar-refractivity contribution in [2.24, 2.45) is 0 Å². The van der Waals surface area contributed by atoms with Gasteiger partial charge in [0.25, 0.3) is 10.0 Å². The van der Waals surface area contributed by atoms with E-state index in [1.807, 2.05) is 6.92 Å². The fourth-order valence-electron chi connectivity index (χ4n) is 2.81. The molecule has 0 aliphatic carbocycles. The highest BCUT2D eigenvalue weighted by molar-refractivity contribution is 7.92. The molecule has 0 saturated heterocycles. The van der Waals surface area contributed by atoms with Crippen LogP contribution in [0.5, 0.6) is 11.5 Å². The Morgan fingerprint density at radius 1 is 0.970 bits per heavy atom. The molecule has 0 amide bonds. The number of hydrogen-bond donors (Lipinski definition) is 3. The van der Waals surface area contributed by atoms with Gasteiger partial charge in [0.05, 0.1) is 30.0 Å². The van der Waals surface area contributed by atoms with Gasteiger partial charge < -0.3 is 20.1 Å². The maximum absolute atomic E-state index is 13.8. The summed E-state index contributed by atoms with van der Waals surface area (Å²) in [6.45, 7) is 2.36. The number of anilines is 3. The first-order valence-electron chi connectivity index (χ1n) is 9.68. The minimum absolute atomic E-state index is 0.00179. The van der Waals surface area contributed by atoms with Crippen molar-refractivity contribution in [2.45, 2.75) is 11.8 Å². The molecule has 7 nitrogen and oxygen atoms in total. The topological polar surface area (TPSA) is 88.7 Å². The van der Waals surface area contributed by atoms with E-state index >= 15 is 0 Å². The quantitative estimate of drug-likeness (QED) is 0.381. The molecule has 3 rings (SSSR count). The number of methoxy groups -OCH3 is 1. The number of ether oxygens (including phenoxy) is 2. The second-order valence-corrected chi connectivity index (χ2v) is 8.72. The molecular formula is C22H21F2N3O4S2. The molecule has 3 N–H and O–H groups in total. The van der Waals surface area contributed by atoms with E-state index in [1.54, 1.807) is 24.3 Å². The highest BCUT2D eigenvalue weighted by Gasteiger charge is 2.18. The van der Waals surface area contributed by atoms with Crippen LogP contribution in [0.3, 0.4) is 0 Å². The second-order valence-electron chi connectivity index (χ2n) is 6.63. The second kappa shape index (κ2) is 10.5. The fraction of sp³-hybridized carbons (Fsp3) is 0.136. The Kier molecular flexibility index (Phi) is 7.67. The van der Waals surface area contributed by atoms with Crippen LogP contribution >= 0.6 is 12.2 Å². The van der Waals surface area contributed by atoms with Crippen molar-refractivity contribution in [1.82, 2.24) is 0 Å². The van der Waals surface area contributed by atoms with Crippen molar-refractivity contribution in [3.05, 3.63) is 72.3 Å². The van der Waals surface area contributed by atoms with Gasteiger partial charge in [-0.05, 0) is 67.7 Å². The molecule has 0 saturated carbocycles. The summed E-state index contributed by atoms with van der Waals surface area (Å²) in [5.41, 5.74) is 0.690. The largest absolute Gasteiger partial charge is 0.495 e. The van der Waals surface area contributed by atoms with E-state index in [9.17, 15) is 17.2 Å². The zero-order chi connectivity index (χ0) is 24.0. The number of hydrogen-bond acceptors (Lipinski definition) is 5. The molecule has 3 aromatic rings. The summed E-state index contributed by atoms with van der Waals surface area (Å²) in [5.74, 6) is -0.710. The molecule has 0 aliphatic rings. The van der Waals surface area contributed by atoms with Crippen molar-refractivity contribution >= 4 is 44.4 Å². The summed E-state index contributed by atoms with van der Waals surface area (Å²) in [4.78, 5) is -0.0396. The lowest BCUT2D eigenvalue weighted by Crippen LogP contribution is -2.20. The molecule has 0 atom stereocenters. The zero-order valence-corrected chi connectivity index (χ0v) is 19.3. The van der Waals surface area contributed by atoms with Crippen molar-refractivity contribution in [2.75, 3.05) is 29.1 Å². The molecule has 0 radical (unpaired) electrons. The molecular weight excluding hydrogens is 472 g/mol. The first-order valence-corrected chi connectivity index (χ1v) is 11.6. The molecule has 3 aromatic carbocycles. The lowest BCUT2D eigenvalue weighted by Gasteiger charge is -2.15. The minimum atomic E-state index is -3.91. The van der Waals surface area contributed by atoms with Crippen molar-refractivity contribution in [3.8, 4) is 11.5 Å². The first-order chi connectivity index (χ1) is 15.7. The van der Waals surface area contributed by atoms with E-state index in [-0.39, 0.29) is 21.4 Å². The summed E-state index contributed by atoms with van der Waals surface area (Å²) in [6.07, 6.45) is 0. The molecule has 33 heavy (non-hydrogen) atoms. The van der Waals surface area contributed by atoms with Gasteiger partial charge in [0, 0.05) is 17.8 Å². The predicted octanol–water partition coefficient (Wildman–Crippen LogP) is 4.98. The smallest absolute Gasteiger partial charge is 0.262 e. The van der Waals surface area contributed by atoms with Crippen LogP contribution in [0.1, 0.15) is 6.92 Å². The monoisotopic (exact) mass is 493 g/mol. The van der Waals surface area contributed by atoms with E-state index in [0.29, 0.717) is 23.7 Å². The Hall–Kier alpha value is -3.44. The van der Waals surface area contributed by atoms with Crippen LogP contribution in [-0.4, -0.2) is 27.2 Å². The third kappa shape index (κ3) is 6.30. The molecule has 0 bridgehead atoms. The third-order valence-electron chi connectivity index (χ3n) is 4.33. The lowest BCUT2D eigenvalue weighted by atomic mass is 10.3. The summed E-state index contributed by atoms with van der Waals surface area (Å²) < 4.78 is 65.6. The number of nitrogens with one attached hydrogen (secondary N) is 3. The number of thiocarbonyl (C=S) groups is 1. The summed E-state index contributed by atoms with van der Waals surface area (Å²) in [6, 6.07) is 13.7. The van der Waals surface area contributed by atoms with E-state index in [2.05, 4.69) is 15.4 Å². The number of rotatable bonds is 8. The summed E-state index contributed by atoms with van der Waals surface area (Å²) >= 11 is 5.16. The average molecular weight is 494 g/mol. The highest BCUT2D eigenvalue weighted by Crippen LogP contribution is 2.29. The zero-order valence-electron chi connectivity index (χ0n) is 17.7. The van der Waals surface area contributed by atoms with Gasteiger partial charge in [0.15, 0.2) is 5.11 Å². The van der Waals surface area contributed by atoms with Crippen LogP contribution in [0.15, 0.2) is 65.6 Å². The Morgan fingerprint density at radius 2 is 1.64 bits per heavy atom. The van der Waals surface area contributed by atoms with Crippen molar-refractivity contribution in [3.63, 3.8) is 0 Å². The van der Waals surface area contributed by atoms with E-state index in [0.717, 1.165) is 12.1 Å². The van der Waals surface area contributed by atoms with Crippen LogP contribution in [-0.2, 0) is 10.0 Å². The Bertz CT molecular complexity index is 1250. The van der Waals surface area contributed by atoms with Crippen LogP contribution in [0.4, 0.5) is 25.8 Å². The van der Waals surface area contributed by atoms with Crippen molar-refractivity contribution < 1.29 is 26.7 Å². The molecule has 0 unspecified atom stereocenters. The van der Waals surface area contributed by atoms with Crippen LogP contribution in [0.25, 0.3) is 0 Å². The maximum Gasteiger partial charge on any atom is 0.262 e. The van der Waals surface area contributed by atoms with Gasteiger partial charge in [0.1, 0.15) is 23.1 Å². The Balaban J connectivity index is 1.74. The number of benzene rings is 3. The van der Waals surface area contributed by atoms with Crippen LogP contribution in [0, 0.1) is 11.6 Å². The van der Waals surface area contributed by atoms with Crippen molar-refractivity contribution in [1.29, 1.82) is 0 Å². The molecule has 0 aliphatic heterocycles. The molecule has 0 fully saturated rings. The first kappa shape index (κ1) is 24.2. The van der Waals surface area contributed by atoms with Gasteiger partial charge in [-0.3, -0.25) is 4.72 Å². The van der Waals surface area contributed by atoms with E-state index in [1.165, 1.54) is 31.4 Å². The summed E-state index contributed by atoms with van der Waals surface area (Å²) in [5, 5.41) is 5.42. The fourth-order valence-corrected chi connectivity index (χ4v) is 4.10. The predicted molar refractivity (Wildman–Crippen MR) is 128 cm³/mol. The van der Waals surface area contributed by atoms with Gasteiger partial charge in [-0.2, -0.15) is 0 Å². The van der Waals surface area contributed by atoms with Gasteiger partial charge in [-0.15, -0.1) is 0 Å². The molecule has 0 spiro atoms. The lowest BCUT2D eigenvalue weighted by molar-refractivity contribution is 0.340. The normalized spacial score (nSPS) is 10.9. The minimum Gasteiger partial charge on any atom is -0.495 e. The van der Waals surface area contributed by atoms with Gasteiger partial charge in [-0.1, -0.05) is 0 Å². The van der Waals surface area contributed by atoms with E-state index in [4.69, 9.17) is 21.7 Å². The molecule has 174 valence electrons. The standard InChI is InChI=1S/C22H21F2N3O4S2/c1-3-31-16-7-5-15(6-8-16)27-33(28,29)17-9-11-20(21(13-17)30-2)26-22(32)25-19-10-4-14(23)12-18(19)24/h4-13,27H,3H2,1-2H3,(H2,25,26,32). The molecule has 0 aromatic heterocycles. The number of sulfonamides is 1. The van der Waals surface area contributed by atoms with Gasteiger partial charge >= 0.3 is 0 Å². The van der Waals surface area contributed by atoms with Gasteiger partial charge in [0.2, 0.25) is 0 Å². The molecule has 0 heterocycles. The molecule has 11 heteroatoms. The average Bonchev–Trinajstić information content (AvgIpc) is 2.77. The highest BCUT2D eigenvalue weighted by atomic mass is 32.2. The van der Waals surface area contributed by atoms with Crippen LogP contribution in [0.2, 0.25) is 0 Å². The Labute approximate surface area is 195 Å². The number of halogens is 2. The van der Waals surface area contributed by atoms with Gasteiger partial charge in [-0.25, -0.2) is 17.2 Å². The summed E-state index contributed by atoms with van der Waals surface area (Å²) in [7, 11) is -2.54. The third-order valence-corrected chi connectivity index (χ3v) is 5.91. The van der Waals surface area contributed by atoms with E-state index < -0.39 is 21.7 Å². The maximum atomic E-state index is 13.8.